The van der Waals surface area contributed by atoms with Crippen LogP contribution < -0.4 is 14.8 Å². The molecule has 0 aliphatic carbocycles. The molecule has 4 rings (SSSR count). The second kappa shape index (κ2) is 9.55. The molecule has 33 heavy (non-hydrogen) atoms. The van der Waals surface area contributed by atoms with Crippen molar-refractivity contribution in [2.24, 2.45) is 0 Å². The van der Waals surface area contributed by atoms with E-state index in [0.717, 1.165) is 11.9 Å². The fourth-order valence-electron chi connectivity index (χ4n) is 3.62. The molecule has 1 atom stereocenters. The third kappa shape index (κ3) is 4.52. The topological polar surface area (TPSA) is 73.6 Å². The van der Waals surface area contributed by atoms with Gasteiger partial charge in [-0.2, -0.15) is 0 Å². The van der Waals surface area contributed by atoms with Gasteiger partial charge < -0.3 is 19.2 Å². The normalized spacial score (nSPS) is 11.9. The van der Waals surface area contributed by atoms with Crippen molar-refractivity contribution in [2.75, 3.05) is 19.5 Å². The Morgan fingerprint density at radius 2 is 1.82 bits per heavy atom. The molecule has 1 heterocycles. The summed E-state index contributed by atoms with van der Waals surface area (Å²) < 4.78 is 16.7. The van der Waals surface area contributed by atoms with Crippen LogP contribution in [0.15, 0.2) is 59.0 Å². The van der Waals surface area contributed by atoms with Crippen LogP contribution >= 0.6 is 11.6 Å². The monoisotopic (exact) mass is 464 g/mol. The summed E-state index contributed by atoms with van der Waals surface area (Å²) in [5.74, 6) is 1.29. The minimum Gasteiger partial charge on any atom is -0.496 e. The lowest BCUT2D eigenvalue weighted by Gasteiger charge is -2.14. The number of nitrogens with one attached hydrogen (secondary N) is 1. The molecule has 0 radical (unpaired) electrons. The van der Waals surface area contributed by atoms with Crippen LogP contribution in [0.4, 0.5) is 5.69 Å². The SMILES string of the molecule is CCC(C)c1ccc2oc(-c3ccc(Cl)c(NC(=O)c4c(OC)cccc4OC)c3)nc2c1. The van der Waals surface area contributed by atoms with Crippen LogP contribution in [0.2, 0.25) is 5.02 Å². The van der Waals surface area contributed by atoms with E-state index in [1.165, 1.54) is 19.8 Å². The molecule has 1 N–H and O–H groups in total. The van der Waals surface area contributed by atoms with Crippen molar-refractivity contribution in [3.63, 3.8) is 0 Å². The predicted molar refractivity (Wildman–Crippen MR) is 131 cm³/mol. The second-order valence-electron chi connectivity index (χ2n) is 7.74. The Hall–Kier alpha value is -3.51. The Balaban J connectivity index is 1.67. The zero-order chi connectivity index (χ0) is 23.5. The van der Waals surface area contributed by atoms with Crippen LogP contribution in [-0.2, 0) is 0 Å². The van der Waals surface area contributed by atoms with Crippen LogP contribution in [0.3, 0.4) is 0 Å². The smallest absolute Gasteiger partial charge is 0.263 e. The first-order valence-electron chi connectivity index (χ1n) is 10.7. The van der Waals surface area contributed by atoms with E-state index in [1.54, 1.807) is 30.3 Å². The van der Waals surface area contributed by atoms with Crippen LogP contribution in [0, 0.1) is 0 Å². The molecular weight excluding hydrogens is 440 g/mol. The summed E-state index contributed by atoms with van der Waals surface area (Å²) >= 11 is 6.38. The van der Waals surface area contributed by atoms with Gasteiger partial charge in [0, 0.05) is 5.56 Å². The fourth-order valence-corrected chi connectivity index (χ4v) is 3.79. The third-order valence-electron chi connectivity index (χ3n) is 5.71. The van der Waals surface area contributed by atoms with Gasteiger partial charge in [0.2, 0.25) is 5.89 Å². The van der Waals surface area contributed by atoms with Crippen molar-refractivity contribution >= 4 is 34.3 Å². The minimum absolute atomic E-state index is 0.281. The van der Waals surface area contributed by atoms with E-state index < -0.39 is 5.91 Å². The van der Waals surface area contributed by atoms with Crippen LogP contribution in [0.1, 0.15) is 42.1 Å². The standard InChI is InChI=1S/C26H25ClN2O4/c1-5-15(2)16-10-12-21-20(13-16)29-26(33-21)17-9-11-18(27)19(14-17)28-25(30)24-22(31-3)7-6-8-23(24)32-4/h6-15H,5H2,1-4H3,(H,28,30). The van der Waals surface area contributed by atoms with Crippen molar-refractivity contribution in [3.8, 4) is 23.0 Å². The summed E-state index contributed by atoms with van der Waals surface area (Å²) in [6.07, 6.45) is 1.05. The quantitative estimate of drug-likeness (QED) is 0.321. The third-order valence-corrected chi connectivity index (χ3v) is 6.04. The second-order valence-corrected chi connectivity index (χ2v) is 8.15. The van der Waals surface area contributed by atoms with E-state index in [4.69, 9.17) is 25.5 Å². The van der Waals surface area contributed by atoms with E-state index in [1.807, 2.05) is 12.1 Å². The Bertz CT molecular complexity index is 1290. The molecule has 170 valence electrons. The van der Waals surface area contributed by atoms with Crippen LogP contribution in [-0.4, -0.2) is 25.1 Å². The maximum absolute atomic E-state index is 13.1. The van der Waals surface area contributed by atoms with Crippen LogP contribution in [0.25, 0.3) is 22.6 Å². The number of amides is 1. The van der Waals surface area contributed by atoms with E-state index in [-0.39, 0.29) is 5.56 Å². The first kappa shape index (κ1) is 22.7. The highest BCUT2D eigenvalue weighted by molar-refractivity contribution is 6.34. The molecule has 0 aliphatic rings. The van der Waals surface area contributed by atoms with E-state index in [9.17, 15) is 4.79 Å². The molecule has 0 saturated heterocycles. The lowest BCUT2D eigenvalue weighted by atomic mass is 9.98. The van der Waals surface area contributed by atoms with Crippen molar-refractivity contribution < 1.29 is 18.7 Å². The number of carbonyl (C=O) groups excluding carboxylic acids is 1. The summed E-state index contributed by atoms with van der Waals surface area (Å²) in [4.78, 5) is 17.7. The van der Waals surface area contributed by atoms with Crippen LogP contribution in [0.5, 0.6) is 11.5 Å². The Morgan fingerprint density at radius 3 is 2.48 bits per heavy atom. The predicted octanol–water partition coefficient (Wildman–Crippen LogP) is 6.93. The lowest BCUT2D eigenvalue weighted by molar-refractivity contribution is 0.102. The molecule has 1 unspecified atom stereocenters. The molecule has 0 spiro atoms. The molecule has 0 bridgehead atoms. The van der Waals surface area contributed by atoms with Gasteiger partial charge in [-0.15, -0.1) is 0 Å². The number of rotatable bonds is 7. The highest BCUT2D eigenvalue weighted by Crippen LogP contribution is 2.34. The first-order valence-corrected chi connectivity index (χ1v) is 11.1. The zero-order valence-electron chi connectivity index (χ0n) is 18.9. The molecule has 0 aliphatic heterocycles. The molecule has 1 aromatic heterocycles. The summed E-state index contributed by atoms with van der Waals surface area (Å²) in [7, 11) is 3.00. The van der Waals surface area contributed by atoms with Crippen molar-refractivity contribution in [3.05, 3.63) is 70.7 Å². The van der Waals surface area contributed by atoms with E-state index in [2.05, 4.69) is 36.3 Å². The molecule has 7 heteroatoms. The number of nitrogens with zero attached hydrogens (tertiary/aromatic N) is 1. The van der Waals surface area contributed by atoms with E-state index in [0.29, 0.717) is 45.2 Å². The van der Waals surface area contributed by atoms with Gasteiger partial charge in [-0.25, -0.2) is 4.98 Å². The summed E-state index contributed by atoms with van der Waals surface area (Å²) in [5.41, 5.74) is 4.12. The molecule has 1 amide bonds. The number of aromatic nitrogens is 1. The highest BCUT2D eigenvalue weighted by atomic mass is 35.5. The maximum Gasteiger partial charge on any atom is 0.263 e. The van der Waals surface area contributed by atoms with Gasteiger partial charge in [-0.1, -0.05) is 37.6 Å². The summed E-state index contributed by atoms with van der Waals surface area (Å²) in [6, 6.07) is 16.5. The van der Waals surface area contributed by atoms with Crippen molar-refractivity contribution in [1.29, 1.82) is 0 Å². The largest absolute Gasteiger partial charge is 0.496 e. The van der Waals surface area contributed by atoms with Crippen molar-refractivity contribution in [2.45, 2.75) is 26.2 Å². The van der Waals surface area contributed by atoms with Gasteiger partial charge in [0.1, 0.15) is 22.6 Å². The molecule has 4 aromatic rings. The number of methoxy groups -OCH3 is 2. The average molecular weight is 465 g/mol. The summed E-state index contributed by atoms with van der Waals surface area (Å²) in [6.45, 7) is 4.35. The van der Waals surface area contributed by atoms with Crippen molar-refractivity contribution in [1.82, 2.24) is 4.98 Å². The van der Waals surface area contributed by atoms with Gasteiger partial charge in [0.25, 0.3) is 5.91 Å². The van der Waals surface area contributed by atoms with Gasteiger partial charge in [-0.3, -0.25) is 4.79 Å². The van der Waals surface area contributed by atoms with Gasteiger partial charge in [0.05, 0.1) is 24.9 Å². The number of halogens is 1. The lowest BCUT2D eigenvalue weighted by Crippen LogP contribution is -2.15. The molecular formula is C26H25ClN2O4. The number of benzene rings is 3. The number of oxazole rings is 1. The number of hydrogen-bond donors (Lipinski definition) is 1. The Morgan fingerprint density at radius 1 is 1.09 bits per heavy atom. The number of carbonyl (C=O) groups is 1. The zero-order valence-corrected chi connectivity index (χ0v) is 19.7. The fraction of sp³-hybridized carbons (Fsp3) is 0.231. The number of anilines is 1. The average Bonchev–Trinajstić information content (AvgIpc) is 3.27. The Labute approximate surface area is 197 Å². The molecule has 0 saturated carbocycles. The van der Waals surface area contributed by atoms with Gasteiger partial charge >= 0.3 is 0 Å². The minimum atomic E-state index is -0.404. The first-order chi connectivity index (χ1) is 15.9. The Kier molecular flexibility index (Phi) is 6.56. The molecule has 3 aromatic carbocycles. The van der Waals surface area contributed by atoms with E-state index >= 15 is 0 Å². The number of ether oxygens (including phenoxy) is 2. The number of hydrogen-bond acceptors (Lipinski definition) is 5. The summed E-state index contributed by atoms with van der Waals surface area (Å²) in [5, 5.41) is 3.24. The van der Waals surface area contributed by atoms with Gasteiger partial charge in [-0.05, 0) is 60.4 Å². The molecule has 0 fully saturated rings. The van der Waals surface area contributed by atoms with Gasteiger partial charge in [0.15, 0.2) is 5.58 Å². The number of fused-ring (bicyclic) bond motifs is 1. The molecule has 6 nitrogen and oxygen atoms in total. The maximum atomic E-state index is 13.1. The highest BCUT2D eigenvalue weighted by Gasteiger charge is 2.20.